The predicted molar refractivity (Wildman–Crippen MR) is 32.6 cm³/mol. The highest BCUT2D eigenvalue weighted by Gasteiger charge is 2.07. The Kier molecular flexibility index (Phi) is 1.78. The Morgan fingerprint density at radius 3 is 2.75 bits per heavy atom. The molecule has 1 atom stereocenters. The van der Waals surface area contributed by atoms with Gasteiger partial charge in [-0.3, -0.25) is 0 Å². The van der Waals surface area contributed by atoms with Crippen LogP contribution in [0.1, 0.15) is 19.3 Å². The van der Waals surface area contributed by atoms with Gasteiger partial charge in [-0.25, -0.2) is 0 Å². The lowest BCUT2D eigenvalue weighted by atomic mass is 10.0. The third kappa shape index (κ3) is 1.15. The first-order chi connectivity index (χ1) is 3.93. The molecule has 0 N–H and O–H groups in total. The van der Waals surface area contributed by atoms with Crippen molar-refractivity contribution in [1.82, 2.24) is 0 Å². The molecule has 0 aromatic heterocycles. The van der Waals surface area contributed by atoms with Gasteiger partial charge >= 0.3 is 0 Å². The van der Waals surface area contributed by atoms with Gasteiger partial charge in [-0.1, -0.05) is 17.3 Å². The van der Waals surface area contributed by atoms with E-state index in [9.17, 15) is 4.91 Å². The summed E-state index contributed by atoms with van der Waals surface area (Å²) in [4.78, 5) is 9.88. The maximum absolute atomic E-state index is 9.88. The molecule has 0 saturated heterocycles. The van der Waals surface area contributed by atoms with Crippen molar-refractivity contribution in [2.75, 3.05) is 0 Å². The van der Waals surface area contributed by atoms with Crippen LogP contribution >= 0.6 is 0 Å². The largest absolute Gasteiger partial charge is 0.151 e. The fourth-order valence-electron chi connectivity index (χ4n) is 0.873. The number of rotatable bonds is 1. The smallest absolute Gasteiger partial charge is 0.0956 e. The number of nitrogens with zero attached hydrogens (tertiary/aromatic N) is 1. The van der Waals surface area contributed by atoms with E-state index in [-0.39, 0.29) is 6.04 Å². The number of hydrogen-bond donors (Lipinski definition) is 0. The number of allylic oxidation sites excluding steroid dienone is 1. The van der Waals surface area contributed by atoms with E-state index in [4.69, 9.17) is 0 Å². The van der Waals surface area contributed by atoms with Gasteiger partial charge in [0.15, 0.2) is 0 Å². The molecule has 0 aromatic carbocycles. The van der Waals surface area contributed by atoms with Gasteiger partial charge in [-0.2, -0.15) is 4.91 Å². The van der Waals surface area contributed by atoms with Gasteiger partial charge in [0.1, 0.15) is 0 Å². The summed E-state index contributed by atoms with van der Waals surface area (Å²) in [6, 6.07) is 0.0694. The van der Waals surface area contributed by atoms with Crippen molar-refractivity contribution < 1.29 is 0 Å². The molecule has 2 heteroatoms. The SMILES string of the molecule is O=NC1CC=CCC1. The van der Waals surface area contributed by atoms with Gasteiger partial charge < -0.3 is 0 Å². The van der Waals surface area contributed by atoms with Crippen LogP contribution in [0.4, 0.5) is 0 Å². The summed E-state index contributed by atoms with van der Waals surface area (Å²) in [7, 11) is 0. The highest BCUT2D eigenvalue weighted by atomic mass is 16.3. The molecule has 1 rings (SSSR count). The molecule has 0 bridgehead atoms. The van der Waals surface area contributed by atoms with E-state index in [2.05, 4.69) is 11.3 Å². The molecular weight excluding hydrogens is 102 g/mol. The molecule has 1 unspecified atom stereocenters. The van der Waals surface area contributed by atoms with Gasteiger partial charge in [0.25, 0.3) is 0 Å². The summed E-state index contributed by atoms with van der Waals surface area (Å²) in [6.07, 6.45) is 6.94. The lowest BCUT2D eigenvalue weighted by molar-refractivity contribution is 0.605. The normalized spacial score (nSPS) is 27.8. The summed E-state index contributed by atoms with van der Waals surface area (Å²) >= 11 is 0. The maximum atomic E-state index is 9.88. The van der Waals surface area contributed by atoms with Crippen LogP contribution in [0, 0.1) is 4.91 Å². The fourth-order valence-corrected chi connectivity index (χ4v) is 0.873. The predicted octanol–water partition coefficient (Wildman–Crippen LogP) is 1.86. The second-order valence-electron chi connectivity index (χ2n) is 2.04. The topological polar surface area (TPSA) is 29.4 Å². The molecule has 0 aromatic rings. The van der Waals surface area contributed by atoms with Gasteiger partial charge in [-0.15, -0.1) is 0 Å². The van der Waals surface area contributed by atoms with Gasteiger partial charge in [0, 0.05) is 0 Å². The summed E-state index contributed by atoms with van der Waals surface area (Å²) < 4.78 is 0. The minimum Gasteiger partial charge on any atom is -0.151 e. The van der Waals surface area contributed by atoms with Crippen molar-refractivity contribution in [2.45, 2.75) is 25.3 Å². The third-order valence-electron chi connectivity index (χ3n) is 1.39. The molecular formula is C6H9NO. The molecule has 0 heterocycles. The average Bonchev–Trinajstić information content (AvgIpc) is 1.90. The van der Waals surface area contributed by atoms with Crippen molar-refractivity contribution in [1.29, 1.82) is 0 Å². The first kappa shape index (κ1) is 5.48. The van der Waals surface area contributed by atoms with E-state index >= 15 is 0 Å². The van der Waals surface area contributed by atoms with E-state index in [0.29, 0.717) is 0 Å². The zero-order chi connectivity index (χ0) is 5.82. The highest BCUT2D eigenvalue weighted by Crippen LogP contribution is 2.12. The molecule has 0 aliphatic heterocycles. The Balaban J connectivity index is 2.37. The zero-order valence-corrected chi connectivity index (χ0v) is 4.71. The first-order valence-corrected chi connectivity index (χ1v) is 2.91. The molecule has 1 aliphatic rings. The lowest BCUT2D eigenvalue weighted by Crippen LogP contribution is -2.03. The van der Waals surface area contributed by atoms with Crippen LogP contribution < -0.4 is 0 Å². The molecule has 0 fully saturated rings. The summed E-state index contributed by atoms with van der Waals surface area (Å²) in [6.45, 7) is 0. The Morgan fingerprint density at radius 1 is 1.50 bits per heavy atom. The quantitative estimate of drug-likeness (QED) is 0.375. The van der Waals surface area contributed by atoms with Crippen LogP contribution in [0.3, 0.4) is 0 Å². The molecule has 0 spiro atoms. The van der Waals surface area contributed by atoms with Crippen molar-refractivity contribution in [3.05, 3.63) is 17.1 Å². The van der Waals surface area contributed by atoms with Crippen LogP contribution in [0.2, 0.25) is 0 Å². The first-order valence-electron chi connectivity index (χ1n) is 2.91. The van der Waals surface area contributed by atoms with Crippen molar-refractivity contribution in [3.63, 3.8) is 0 Å². The monoisotopic (exact) mass is 111 g/mol. The van der Waals surface area contributed by atoms with Crippen LogP contribution in [0.5, 0.6) is 0 Å². The summed E-state index contributed by atoms with van der Waals surface area (Å²) in [5, 5.41) is 2.95. The average molecular weight is 111 g/mol. The van der Waals surface area contributed by atoms with Crippen molar-refractivity contribution in [2.24, 2.45) is 5.18 Å². The van der Waals surface area contributed by atoms with E-state index in [1.807, 2.05) is 6.08 Å². The lowest BCUT2D eigenvalue weighted by Gasteiger charge is -2.07. The minimum absolute atomic E-state index is 0.0694. The molecule has 8 heavy (non-hydrogen) atoms. The summed E-state index contributed by atoms with van der Waals surface area (Å²) in [5.74, 6) is 0. The van der Waals surface area contributed by atoms with Gasteiger partial charge in [0.05, 0.1) is 6.04 Å². The maximum Gasteiger partial charge on any atom is 0.0956 e. The standard InChI is InChI=1S/C6H9NO/c8-7-6-4-2-1-3-5-6/h1-2,6H,3-5H2. The molecule has 0 amide bonds. The van der Waals surface area contributed by atoms with Crippen LogP contribution in [0.25, 0.3) is 0 Å². The van der Waals surface area contributed by atoms with E-state index in [1.54, 1.807) is 0 Å². The van der Waals surface area contributed by atoms with Crippen molar-refractivity contribution >= 4 is 0 Å². The highest BCUT2D eigenvalue weighted by molar-refractivity contribution is 4.92. The zero-order valence-electron chi connectivity index (χ0n) is 4.71. The second kappa shape index (κ2) is 2.60. The number of hydrogen-bond acceptors (Lipinski definition) is 2. The minimum atomic E-state index is 0.0694. The van der Waals surface area contributed by atoms with Crippen LogP contribution in [0.15, 0.2) is 17.3 Å². The van der Waals surface area contributed by atoms with Gasteiger partial charge in [-0.05, 0) is 19.3 Å². The fraction of sp³-hybridized carbons (Fsp3) is 0.667. The molecule has 2 nitrogen and oxygen atoms in total. The molecule has 1 aliphatic carbocycles. The Labute approximate surface area is 48.6 Å². The third-order valence-corrected chi connectivity index (χ3v) is 1.39. The number of nitroso groups, excluding NO2 is 1. The van der Waals surface area contributed by atoms with Crippen LogP contribution in [-0.4, -0.2) is 6.04 Å². The molecule has 0 radical (unpaired) electrons. The van der Waals surface area contributed by atoms with E-state index in [1.165, 1.54) is 0 Å². The van der Waals surface area contributed by atoms with Crippen LogP contribution in [-0.2, 0) is 0 Å². The Hall–Kier alpha value is -0.660. The second-order valence-corrected chi connectivity index (χ2v) is 2.04. The Morgan fingerprint density at radius 2 is 2.38 bits per heavy atom. The molecule has 0 saturated carbocycles. The molecule has 44 valence electrons. The van der Waals surface area contributed by atoms with E-state index < -0.39 is 0 Å². The summed E-state index contributed by atoms with van der Waals surface area (Å²) in [5.41, 5.74) is 0. The van der Waals surface area contributed by atoms with Gasteiger partial charge in [0.2, 0.25) is 0 Å². The Bertz CT molecular complexity index is 109. The van der Waals surface area contributed by atoms with E-state index in [0.717, 1.165) is 19.3 Å². The van der Waals surface area contributed by atoms with Crippen molar-refractivity contribution in [3.8, 4) is 0 Å².